The van der Waals surface area contributed by atoms with E-state index in [1.165, 1.54) is 0 Å². The minimum Gasteiger partial charge on any atom is -0.489 e. The van der Waals surface area contributed by atoms with E-state index < -0.39 is 0 Å². The zero-order chi connectivity index (χ0) is 16.1. The molecule has 0 aliphatic carbocycles. The predicted octanol–water partition coefficient (Wildman–Crippen LogP) is 1.46. The summed E-state index contributed by atoms with van der Waals surface area (Å²) >= 11 is 0. The molecule has 1 fully saturated rings. The summed E-state index contributed by atoms with van der Waals surface area (Å²) in [7, 11) is 0. The Morgan fingerprint density at radius 3 is 3.09 bits per heavy atom. The molecule has 6 nitrogen and oxygen atoms in total. The Bertz CT molecular complexity index is 684. The maximum absolute atomic E-state index is 12.2. The molecule has 3 rings (SSSR count). The highest BCUT2D eigenvalue weighted by molar-refractivity contribution is 5.93. The van der Waals surface area contributed by atoms with Crippen LogP contribution in [-0.2, 0) is 6.54 Å². The lowest BCUT2D eigenvalue weighted by Gasteiger charge is -2.13. The van der Waals surface area contributed by atoms with Crippen LogP contribution in [0.5, 0.6) is 5.75 Å². The first-order valence-corrected chi connectivity index (χ1v) is 7.74. The highest BCUT2D eigenvalue weighted by Crippen LogP contribution is 2.15. The van der Waals surface area contributed by atoms with Crippen molar-refractivity contribution in [2.24, 2.45) is 0 Å². The molecule has 3 heterocycles. The lowest BCUT2D eigenvalue weighted by atomic mass is 10.2. The Morgan fingerprint density at radius 2 is 2.30 bits per heavy atom. The van der Waals surface area contributed by atoms with Crippen LogP contribution in [0.2, 0.25) is 0 Å². The zero-order valence-corrected chi connectivity index (χ0v) is 13.1. The maximum Gasteiger partial charge on any atom is 0.270 e. The van der Waals surface area contributed by atoms with Gasteiger partial charge in [0.1, 0.15) is 17.5 Å². The molecule has 2 aromatic heterocycles. The van der Waals surface area contributed by atoms with Gasteiger partial charge in [-0.15, -0.1) is 0 Å². The summed E-state index contributed by atoms with van der Waals surface area (Å²) < 4.78 is 5.90. The topological polar surface area (TPSA) is 76.1 Å². The van der Waals surface area contributed by atoms with E-state index in [9.17, 15) is 4.79 Å². The van der Waals surface area contributed by atoms with Crippen LogP contribution in [0.15, 0.2) is 36.7 Å². The van der Waals surface area contributed by atoms with Crippen LogP contribution in [0.25, 0.3) is 0 Å². The number of carbonyl (C=O) groups is 1. The van der Waals surface area contributed by atoms with E-state index in [0.717, 1.165) is 36.5 Å². The van der Waals surface area contributed by atoms with E-state index in [2.05, 4.69) is 20.6 Å². The molecule has 0 spiro atoms. The summed E-state index contributed by atoms with van der Waals surface area (Å²) in [4.78, 5) is 20.5. The number of amides is 1. The fraction of sp³-hybridized carbons (Fsp3) is 0.353. The van der Waals surface area contributed by atoms with Crippen molar-refractivity contribution in [2.75, 3.05) is 13.1 Å². The molecule has 1 saturated heterocycles. The van der Waals surface area contributed by atoms with Gasteiger partial charge in [0.05, 0.1) is 12.2 Å². The van der Waals surface area contributed by atoms with Crippen LogP contribution >= 0.6 is 0 Å². The fourth-order valence-corrected chi connectivity index (χ4v) is 2.53. The lowest BCUT2D eigenvalue weighted by molar-refractivity contribution is 0.0944. The van der Waals surface area contributed by atoms with Crippen LogP contribution in [0.3, 0.4) is 0 Å². The van der Waals surface area contributed by atoms with Gasteiger partial charge in [-0.2, -0.15) is 0 Å². The number of rotatable bonds is 5. The number of hydrogen-bond donors (Lipinski definition) is 2. The highest BCUT2D eigenvalue weighted by Gasteiger charge is 2.16. The molecular formula is C17H20N4O2. The van der Waals surface area contributed by atoms with Gasteiger partial charge in [-0.05, 0) is 37.6 Å². The molecule has 0 bridgehead atoms. The van der Waals surface area contributed by atoms with Crippen LogP contribution in [-0.4, -0.2) is 35.1 Å². The Labute approximate surface area is 135 Å². The van der Waals surface area contributed by atoms with Crippen LogP contribution in [0.1, 0.15) is 28.2 Å². The van der Waals surface area contributed by atoms with Crippen molar-refractivity contribution in [3.63, 3.8) is 0 Å². The van der Waals surface area contributed by atoms with Crippen molar-refractivity contribution < 1.29 is 9.53 Å². The first kappa shape index (κ1) is 15.4. The molecule has 0 radical (unpaired) electrons. The van der Waals surface area contributed by atoms with Gasteiger partial charge in [-0.3, -0.25) is 14.8 Å². The minimum atomic E-state index is -0.198. The second kappa shape index (κ2) is 7.19. The molecule has 1 aliphatic rings. The van der Waals surface area contributed by atoms with Crippen molar-refractivity contribution in [2.45, 2.75) is 26.0 Å². The Hall–Kier alpha value is -2.47. The number of hydrogen-bond acceptors (Lipinski definition) is 5. The first-order chi connectivity index (χ1) is 11.2. The molecule has 2 N–H and O–H groups in total. The molecule has 6 heteroatoms. The minimum absolute atomic E-state index is 0.198. The average Bonchev–Trinajstić information content (AvgIpc) is 3.06. The molecule has 120 valence electrons. The summed E-state index contributed by atoms with van der Waals surface area (Å²) in [6.07, 6.45) is 4.53. The Morgan fingerprint density at radius 1 is 1.39 bits per heavy atom. The molecule has 1 aliphatic heterocycles. The van der Waals surface area contributed by atoms with Gasteiger partial charge < -0.3 is 15.4 Å². The van der Waals surface area contributed by atoms with Gasteiger partial charge in [0.25, 0.3) is 5.91 Å². The Balaban J connectivity index is 1.59. The molecule has 1 atom stereocenters. The van der Waals surface area contributed by atoms with Gasteiger partial charge >= 0.3 is 0 Å². The van der Waals surface area contributed by atoms with Crippen molar-refractivity contribution in [1.29, 1.82) is 0 Å². The molecule has 2 aromatic rings. The van der Waals surface area contributed by atoms with E-state index >= 15 is 0 Å². The quantitative estimate of drug-likeness (QED) is 0.874. The zero-order valence-electron chi connectivity index (χ0n) is 13.1. The third kappa shape index (κ3) is 4.04. The molecule has 23 heavy (non-hydrogen) atoms. The monoisotopic (exact) mass is 312 g/mol. The third-order valence-electron chi connectivity index (χ3n) is 3.76. The molecule has 1 unspecified atom stereocenters. The SMILES string of the molecule is Cc1cccnc1C(=O)NCc1cc(OC2CCNC2)ccn1. The summed E-state index contributed by atoms with van der Waals surface area (Å²) in [5, 5.41) is 6.11. The van der Waals surface area contributed by atoms with Gasteiger partial charge in [0.2, 0.25) is 0 Å². The largest absolute Gasteiger partial charge is 0.489 e. The standard InChI is InChI=1S/C17H20N4O2/c1-12-3-2-6-20-16(12)17(22)21-10-13-9-14(5-8-19-13)23-15-4-7-18-11-15/h2-3,5-6,8-9,15,18H,4,7,10-11H2,1H3,(H,21,22). The smallest absolute Gasteiger partial charge is 0.270 e. The second-order valence-electron chi connectivity index (χ2n) is 5.57. The van der Waals surface area contributed by atoms with E-state index in [0.29, 0.717) is 12.2 Å². The summed E-state index contributed by atoms with van der Waals surface area (Å²) in [5.74, 6) is 0.586. The molecule has 0 aromatic carbocycles. The van der Waals surface area contributed by atoms with Crippen LogP contribution < -0.4 is 15.4 Å². The van der Waals surface area contributed by atoms with E-state index in [4.69, 9.17) is 4.74 Å². The van der Waals surface area contributed by atoms with Gasteiger partial charge in [-0.1, -0.05) is 6.07 Å². The van der Waals surface area contributed by atoms with Crippen molar-refractivity contribution in [3.8, 4) is 5.75 Å². The number of pyridine rings is 2. The molecule has 1 amide bonds. The average molecular weight is 312 g/mol. The summed E-state index contributed by atoms with van der Waals surface area (Å²) in [6.45, 7) is 4.06. The number of carbonyl (C=O) groups excluding carboxylic acids is 1. The third-order valence-corrected chi connectivity index (χ3v) is 3.76. The summed E-state index contributed by atoms with van der Waals surface area (Å²) in [5.41, 5.74) is 2.05. The van der Waals surface area contributed by atoms with Gasteiger partial charge in [-0.25, -0.2) is 0 Å². The van der Waals surface area contributed by atoms with E-state index in [1.54, 1.807) is 12.4 Å². The molecule has 0 saturated carbocycles. The number of nitrogens with one attached hydrogen (secondary N) is 2. The predicted molar refractivity (Wildman–Crippen MR) is 86.3 cm³/mol. The Kier molecular flexibility index (Phi) is 4.83. The second-order valence-corrected chi connectivity index (χ2v) is 5.57. The number of aromatic nitrogens is 2. The first-order valence-electron chi connectivity index (χ1n) is 7.74. The fourth-order valence-electron chi connectivity index (χ4n) is 2.53. The van der Waals surface area contributed by atoms with Crippen molar-refractivity contribution in [3.05, 3.63) is 53.6 Å². The number of aryl methyl sites for hydroxylation is 1. The van der Waals surface area contributed by atoms with Gasteiger partial charge in [0, 0.05) is 25.0 Å². The summed E-state index contributed by atoms with van der Waals surface area (Å²) in [6, 6.07) is 7.38. The van der Waals surface area contributed by atoms with Crippen LogP contribution in [0, 0.1) is 6.92 Å². The van der Waals surface area contributed by atoms with E-state index in [-0.39, 0.29) is 12.0 Å². The normalized spacial score (nSPS) is 17.0. The molecular weight excluding hydrogens is 292 g/mol. The number of nitrogens with zero attached hydrogens (tertiary/aromatic N) is 2. The van der Waals surface area contributed by atoms with Gasteiger partial charge in [0.15, 0.2) is 0 Å². The van der Waals surface area contributed by atoms with Crippen molar-refractivity contribution in [1.82, 2.24) is 20.6 Å². The number of ether oxygens (including phenoxy) is 1. The maximum atomic E-state index is 12.2. The van der Waals surface area contributed by atoms with Crippen LogP contribution in [0.4, 0.5) is 0 Å². The van der Waals surface area contributed by atoms with E-state index in [1.807, 2.05) is 31.2 Å². The highest BCUT2D eigenvalue weighted by atomic mass is 16.5. The lowest BCUT2D eigenvalue weighted by Crippen LogP contribution is -2.25. The van der Waals surface area contributed by atoms with Crippen molar-refractivity contribution >= 4 is 5.91 Å².